The van der Waals surface area contributed by atoms with Gasteiger partial charge in [-0.1, -0.05) is 23.8 Å². The number of hydrogen-bond donors (Lipinski definition) is 1. The average Bonchev–Trinajstić information content (AvgIpc) is 2.43. The van der Waals surface area contributed by atoms with E-state index in [1.165, 1.54) is 24.3 Å². The number of allylic oxidation sites excluding steroid dienone is 4. The number of nitrogens with two attached hydrogens (primary N) is 1. The van der Waals surface area contributed by atoms with Crippen LogP contribution in [0.2, 0.25) is 0 Å². The van der Waals surface area contributed by atoms with Crippen molar-refractivity contribution in [2.45, 2.75) is 12.8 Å². The normalized spacial score (nSPS) is 12.1. The molecule has 0 bridgehead atoms. The molecule has 0 radical (unpaired) electrons. The minimum Gasteiger partial charge on any atom is -0.399 e. The van der Waals surface area contributed by atoms with Crippen molar-refractivity contribution in [3.8, 4) is 6.57 Å². The predicted molar refractivity (Wildman–Crippen MR) is 76.5 cm³/mol. The van der Waals surface area contributed by atoms with Gasteiger partial charge in [0.15, 0.2) is 0 Å². The molecule has 1 aromatic carbocycles. The molecule has 0 amide bonds. The first-order valence-electron chi connectivity index (χ1n) is 5.37. The third-order valence-corrected chi connectivity index (χ3v) is 2.33. The fourth-order valence-electron chi connectivity index (χ4n) is 1.18. The number of halogens is 1. The highest BCUT2D eigenvalue weighted by atomic mass is 35.5. The number of rotatable bonds is 1. The summed E-state index contributed by atoms with van der Waals surface area (Å²) in [5.41, 5.74) is 5.90. The zero-order valence-electron chi connectivity index (χ0n) is 10.2. The molecule has 5 nitrogen and oxygen atoms in total. The first-order chi connectivity index (χ1) is 9.09. The molecule has 100 valence electrons. The maximum atomic E-state index is 10.1. The summed E-state index contributed by atoms with van der Waals surface area (Å²) >= 11 is 5.59. The molecule has 0 heterocycles. The van der Waals surface area contributed by atoms with E-state index in [0.717, 1.165) is 17.9 Å². The standard InChI is InChI=1S/C6H7Cl.C6H6N2O2.CHN/c7-6-4-2-1-3-5-6;7-5-1-3-6(4-2-5)8(9)10;1-2/h2,4-5H,1,3H2;1-4H,7H2;1H. The Balaban J connectivity index is 0.000000316. The lowest BCUT2D eigenvalue weighted by molar-refractivity contribution is -0.384. The fraction of sp³-hybridized carbons (Fsp3) is 0.154. The highest BCUT2D eigenvalue weighted by molar-refractivity contribution is 6.31. The van der Waals surface area contributed by atoms with Gasteiger partial charge in [0.2, 0.25) is 0 Å². The Kier molecular flexibility index (Phi) is 8.50. The lowest BCUT2D eigenvalue weighted by atomic mass is 10.2. The molecule has 0 atom stereocenters. The molecule has 2 rings (SSSR count). The van der Waals surface area contributed by atoms with Gasteiger partial charge in [0.25, 0.3) is 5.69 Å². The van der Waals surface area contributed by atoms with E-state index < -0.39 is 4.92 Å². The van der Waals surface area contributed by atoms with Gasteiger partial charge in [-0.2, -0.15) is 0 Å². The first-order valence-corrected chi connectivity index (χ1v) is 5.75. The Morgan fingerprint density at radius 1 is 1.26 bits per heavy atom. The van der Waals surface area contributed by atoms with E-state index in [-0.39, 0.29) is 5.69 Å². The zero-order chi connectivity index (χ0) is 14.7. The van der Waals surface area contributed by atoms with Gasteiger partial charge in [0, 0.05) is 29.4 Å². The minimum atomic E-state index is -0.459. The largest absolute Gasteiger partial charge is 0.399 e. The molecule has 0 aliphatic heterocycles. The Labute approximate surface area is 116 Å². The van der Waals surface area contributed by atoms with Gasteiger partial charge in [-0.25, -0.2) is 5.26 Å². The van der Waals surface area contributed by atoms with Gasteiger partial charge < -0.3 is 5.73 Å². The number of non-ortho nitro benzene ring substituents is 1. The molecule has 0 saturated carbocycles. The van der Waals surface area contributed by atoms with Crippen LogP contribution in [0.1, 0.15) is 12.8 Å². The summed E-state index contributed by atoms with van der Waals surface area (Å²) in [7, 11) is 0. The number of nitrogens with zero attached hydrogens (tertiary/aromatic N) is 2. The maximum absolute atomic E-state index is 10.1. The van der Waals surface area contributed by atoms with Crippen LogP contribution in [0, 0.1) is 21.9 Å². The molecule has 1 aromatic rings. The second kappa shape index (κ2) is 9.68. The number of benzene rings is 1. The first kappa shape index (κ1) is 16.7. The van der Waals surface area contributed by atoms with Crippen LogP contribution in [0.15, 0.2) is 47.5 Å². The van der Waals surface area contributed by atoms with Crippen molar-refractivity contribution in [1.29, 1.82) is 5.26 Å². The lowest BCUT2D eigenvalue weighted by Gasteiger charge is -1.94. The Morgan fingerprint density at radius 2 is 1.84 bits per heavy atom. The topological polar surface area (TPSA) is 93.0 Å². The number of nitriles is 1. The van der Waals surface area contributed by atoms with Crippen molar-refractivity contribution in [1.82, 2.24) is 0 Å². The van der Waals surface area contributed by atoms with Crippen molar-refractivity contribution >= 4 is 23.0 Å². The van der Waals surface area contributed by atoms with Gasteiger partial charge in [-0.05, 0) is 31.1 Å². The average molecular weight is 280 g/mol. The van der Waals surface area contributed by atoms with E-state index in [4.69, 9.17) is 22.6 Å². The van der Waals surface area contributed by atoms with E-state index in [9.17, 15) is 10.1 Å². The molecule has 1 aliphatic rings. The van der Waals surface area contributed by atoms with Crippen LogP contribution in [-0.4, -0.2) is 4.92 Å². The number of nitro groups is 1. The van der Waals surface area contributed by atoms with Crippen molar-refractivity contribution in [2.24, 2.45) is 0 Å². The van der Waals surface area contributed by atoms with Crippen LogP contribution in [0.3, 0.4) is 0 Å². The molecule has 0 fully saturated rings. The number of nitrogen functional groups attached to an aromatic ring is 1. The van der Waals surface area contributed by atoms with Crippen LogP contribution in [0.4, 0.5) is 11.4 Å². The monoisotopic (exact) mass is 279 g/mol. The molecular weight excluding hydrogens is 266 g/mol. The van der Waals surface area contributed by atoms with E-state index in [0.29, 0.717) is 5.69 Å². The third-order valence-electron chi connectivity index (χ3n) is 2.05. The quantitative estimate of drug-likeness (QED) is 0.481. The van der Waals surface area contributed by atoms with Crippen LogP contribution in [-0.2, 0) is 0 Å². The molecule has 1 aliphatic carbocycles. The van der Waals surface area contributed by atoms with Crippen molar-refractivity contribution in [3.05, 3.63) is 57.6 Å². The second-order valence-corrected chi connectivity index (χ2v) is 3.85. The number of hydrogen-bond acceptors (Lipinski definition) is 4. The molecule has 2 N–H and O–H groups in total. The van der Waals surface area contributed by atoms with E-state index in [1.54, 1.807) is 0 Å². The van der Waals surface area contributed by atoms with E-state index in [2.05, 4.69) is 12.6 Å². The molecule has 0 unspecified atom stereocenters. The van der Waals surface area contributed by atoms with Gasteiger partial charge >= 0.3 is 0 Å². The van der Waals surface area contributed by atoms with E-state index in [1.807, 2.05) is 12.2 Å². The Hall–Kier alpha value is -2.32. The second-order valence-electron chi connectivity index (χ2n) is 3.42. The molecule has 19 heavy (non-hydrogen) atoms. The number of anilines is 1. The third kappa shape index (κ3) is 7.58. The van der Waals surface area contributed by atoms with E-state index >= 15 is 0 Å². The summed E-state index contributed by atoms with van der Waals surface area (Å²) < 4.78 is 0. The van der Waals surface area contributed by atoms with Crippen molar-refractivity contribution in [3.63, 3.8) is 0 Å². The van der Waals surface area contributed by atoms with Crippen molar-refractivity contribution in [2.75, 3.05) is 5.73 Å². The van der Waals surface area contributed by atoms with Crippen LogP contribution >= 0.6 is 11.6 Å². The summed E-state index contributed by atoms with van der Waals surface area (Å²) in [5, 5.41) is 17.5. The summed E-state index contributed by atoms with van der Waals surface area (Å²) in [4.78, 5) is 9.62. The lowest BCUT2D eigenvalue weighted by Crippen LogP contribution is -1.88. The summed E-state index contributed by atoms with van der Waals surface area (Å²) in [6.07, 6.45) is 8.31. The highest BCUT2D eigenvalue weighted by Gasteiger charge is 2.00. The Bertz CT molecular complexity index is 478. The van der Waals surface area contributed by atoms with Gasteiger partial charge in [-0.15, -0.1) is 0 Å². The molecule has 0 aromatic heterocycles. The van der Waals surface area contributed by atoms with Crippen LogP contribution in [0.5, 0.6) is 0 Å². The molecular formula is C13H14ClN3O2. The minimum absolute atomic E-state index is 0.0641. The van der Waals surface area contributed by atoms with Gasteiger partial charge in [0.1, 0.15) is 0 Å². The summed E-state index contributed by atoms with van der Waals surface area (Å²) in [6, 6.07) is 5.74. The molecule has 0 spiro atoms. The summed E-state index contributed by atoms with van der Waals surface area (Å²) in [5.74, 6) is 0. The van der Waals surface area contributed by atoms with Crippen molar-refractivity contribution < 1.29 is 4.92 Å². The fourth-order valence-corrected chi connectivity index (χ4v) is 1.38. The van der Waals surface area contributed by atoms with Crippen LogP contribution in [0.25, 0.3) is 0 Å². The predicted octanol–water partition coefficient (Wildman–Crippen LogP) is 3.78. The zero-order valence-corrected chi connectivity index (χ0v) is 11.0. The van der Waals surface area contributed by atoms with Crippen LogP contribution < -0.4 is 5.73 Å². The van der Waals surface area contributed by atoms with Gasteiger partial charge in [-0.3, -0.25) is 10.1 Å². The molecule has 0 saturated heterocycles. The summed E-state index contributed by atoms with van der Waals surface area (Å²) in [6.45, 7) is 3.50. The molecule has 6 heteroatoms. The SMILES string of the molecule is C#N.ClC1=CCCC=C1.Nc1ccc([N+](=O)[O-])cc1. The smallest absolute Gasteiger partial charge is 0.269 e. The van der Waals surface area contributed by atoms with Gasteiger partial charge in [0.05, 0.1) is 4.92 Å². The Morgan fingerprint density at radius 3 is 2.16 bits per heavy atom. The highest BCUT2D eigenvalue weighted by Crippen LogP contribution is 2.12. The maximum Gasteiger partial charge on any atom is 0.269 e. The number of nitro benzene ring substituents is 1.